The number of hydrogen-bond donors (Lipinski definition) is 3. The molecule has 0 aliphatic heterocycles. The highest BCUT2D eigenvalue weighted by atomic mass is 15.4. The summed E-state index contributed by atoms with van der Waals surface area (Å²) < 4.78 is 3.59. The molecule has 0 atom stereocenters. The van der Waals surface area contributed by atoms with Gasteiger partial charge in [0.25, 0.3) is 0 Å². The van der Waals surface area contributed by atoms with Gasteiger partial charge in [-0.15, -0.1) is 20.4 Å². The van der Waals surface area contributed by atoms with Gasteiger partial charge in [0.2, 0.25) is 23.8 Å². The molecule has 10 heteroatoms. The van der Waals surface area contributed by atoms with Crippen molar-refractivity contribution < 1.29 is 0 Å². The Morgan fingerprint density at radius 1 is 1.10 bits per heavy atom. The lowest BCUT2D eigenvalue weighted by Gasteiger charge is -2.17. The van der Waals surface area contributed by atoms with E-state index in [2.05, 4.69) is 31.0 Å². The third kappa shape index (κ3) is 2.58. The van der Waals surface area contributed by atoms with E-state index in [1.807, 2.05) is 30.6 Å². The Labute approximate surface area is 117 Å². The molecular weight excluding hydrogens is 260 g/mol. The predicted molar refractivity (Wildman–Crippen MR) is 77.7 cm³/mol. The summed E-state index contributed by atoms with van der Waals surface area (Å²) in [6, 6.07) is 0. The first kappa shape index (κ1) is 13.9. The minimum absolute atomic E-state index is 0.395. The summed E-state index contributed by atoms with van der Waals surface area (Å²) in [6.07, 6.45) is 0. The van der Waals surface area contributed by atoms with E-state index in [4.69, 9.17) is 5.73 Å². The van der Waals surface area contributed by atoms with Crippen molar-refractivity contribution in [3.63, 3.8) is 0 Å². The molecule has 0 saturated carbocycles. The quantitative estimate of drug-likeness (QED) is 0.624. The first-order valence-corrected chi connectivity index (χ1v) is 6.21. The number of nitrogens with one attached hydrogen (secondary N) is 2. The molecule has 0 aliphatic carbocycles. The lowest BCUT2D eigenvalue weighted by molar-refractivity contribution is 0.804. The van der Waals surface area contributed by atoms with Crippen LogP contribution in [0.4, 0.5) is 23.8 Å². The molecule has 20 heavy (non-hydrogen) atoms. The second-order valence-electron chi connectivity index (χ2n) is 4.42. The van der Waals surface area contributed by atoms with Crippen LogP contribution in [0.2, 0.25) is 0 Å². The zero-order chi connectivity index (χ0) is 14.7. The Kier molecular flexibility index (Phi) is 3.91. The average molecular weight is 280 g/mol. The van der Waals surface area contributed by atoms with E-state index in [9.17, 15) is 0 Å². The fourth-order valence-electron chi connectivity index (χ4n) is 1.80. The molecule has 0 spiro atoms. The summed E-state index contributed by atoms with van der Waals surface area (Å²) in [5, 5.41) is 22.0. The van der Waals surface area contributed by atoms with Crippen LogP contribution in [-0.2, 0) is 14.1 Å². The number of nitrogen functional groups attached to an aromatic ring is 1. The molecule has 2 heterocycles. The summed E-state index contributed by atoms with van der Waals surface area (Å²) >= 11 is 0. The largest absolute Gasteiger partial charge is 0.368 e. The molecular formula is C10H20N10. The summed E-state index contributed by atoms with van der Waals surface area (Å²) in [5.41, 5.74) is 5.65. The van der Waals surface area contributed by atoms with Gasteiger partial charge in [0.1, 0.15) is 0 Å². The molecule has 4 N–H and O–H groups in total. The summed E-state index contributed by atoms with van der Waals surface area (Å²) in [6.45, 7) is 1.42. The van der Waals surface area contributed by atoms with E-state index in [0.29, 0.717) is 24.4 Å². The highest BCUT2D eigenvalue weighted by molar-refractivity contribution is 5.38. The summed E-state index contributed by atoms with van der Waals surface area (Å²) in [5.74, 6) is 2.53. The molecule has 0 aliphatic rings. The second-order valence-corrected chi connectivity index (χ2v) is 4.42. The maximum Gasteiger partial charge on any atom is 0.228 e. The molecule has 10 nitrogen and oxygen atoms in total. The molecule has 0 amide bonds. The average Bonchev–Trinajstić information content (AvgIpc) is 2.95. The molecule has 2 aromatic heterocycles. The molecule has 0 bridgehead atoms. The molecule has 0 aromatic carbocycles. The smallest absolute Gasteiger partial charge is 0.228 e. The molecule has 0 saturated heterocycles. The summed E-state index contributed by atoms with van der Waals surface area (Å²) in [7, 11) is 7.46. The van der Waals surface area contributed by atoms with Gasteiger partial charge >= 0.3 is 0 Å². The van der Waals surface area contributed by atoms with Gasteiger partial charge in [-0.2, -0.15) is 0 Å². The Hall–Kier alpha value is -2.52. The van der Waals surface area contributed by atoms with E-state index < -0.39 is 0 Å². The van der Waals surface area contributed by atoms with E-state index in [-0.39, 0.29) is 0 Å². The van der Waals surface area contributed by atoms with Gasteiger partial charge in [-0.3, -0.25) is 9.13 Å². The lowest BCUT2D eigenvalue weighted by Crippen LogP contribution is -2.27. The van der Waals surface area contributed by atoms with Crippen LogP contribution in [0.3, 0.4) is 0 Å². The number of likely N-dealkylation sites (N-methyl/N-ethyl adjacent to an activating group) is 1. The number of nitrogens with zero attached hydrogens (tertiary/aromatic N) is 7. The minimum Gasteiger partial charge on any atom is -0.368 e. The van der Waals surface area contributed by atoms with Crippen molar-refractivity contribution in [1.82, 2.24) is 29.5 Å². The fourth-order valence-corrected chi connectivity index (χ4v) is 1.80. The van der Waals surface area contributed by atoms with Crippen LogP contribution in [-0.4, -0.2) is 56.7 Å². The first-order valence-electron chi connectivity index (χ1n) is 6.21. The zero-order valence-corrected chi connectivity index (χ0v) is 12.1. The number of rotatable bonds is 6. The monoisotopic (exact) mass is 280 g/mol. The summed E-state index contributed by atoms with van der Waals surface area (Å²) in [4.78, 5) is 1.96. The SMILES string of the molecule is CNc1nnc(NCCN(C)c2nnc(N)n2C)n1C. The topological polar surface area (TPSA) is 115 Å². The third-order valence-electron chi connectivity index (χ3n) is 3.06. The minimum atomic E-state index is 0.395. The van der Waals surface area contributed by atoms with Crippen LogP contribution in [0.5, 0.6) is 0 Å². The highest BCUT2D eigenvalue weighted by Crippen LogP contribution is 2.11. The Bertz CT molecular complexity index is 571. The van der Waals surface area contributed by atoms with E-state index in [1.165, 1.54) is 0 Å². The van der Waals surface area contributed by atoms with Crippen molar-refractivity contribution in [1.29, 1.82) is 0 Å². The van der Waals surface area contributed by atoms with Crippen LogP contribution in [0.25, 0.3) is 0 Å². The van der Waals surface area contributed by atoms with Crippen molar-refractivity contribution in [3.8, 4) is 0 Å². The Morgan fingerprint density at radius 2 is 1.80 bits per heavy atom. The van der Waals surface area contributed by atoms with Crippen molar-refractivity contribution in [2.75, 3.05) is 48.5 Å². The Balaban J connectivity index is 1.89. The van der Waals surface area contributed by atoms with Crippen LogP contribution in [0.1, 0.15) is 0 Å². The molecule has 0 radical (unpaired) electrons. The maximum absolute atomic E-state index is 5.65. The van der Waals surface area contributed by atoms with Crippen molar-refractivity contribution >= 4 is 23.8 Å². The van der Waals surface area contributed by atoms with E-state index >= 15 is 0 Å². The van der Waals surface area contributed by atoms with Gasteiger partial charge in [0.15, 0.2) is 0 Å². The standard InChI is InChI=1S/C10H20N10/c1-12-8-15-16-9(20(8)4)13-5-6-18(2)10-17-14-7(11)19(10)3/h5-6H2,1-4H3,(H2,11,14)(H,12,15)(H,13,16). The predicted octanol–water partition coefficient (Wildman–Crippen LogP) is -0.884. The number of nitrogens with two attached hydrogens (primary N) is 1. The van der Waals surface area contributed by atoms with Gasteiger partial charge in [0, 0.05) is 41.3 Å². The normalized spacial score (nSPS) is 10.6. The van der Waals surface area contributed by atoms with E-state index in [1.54, 1.807) is 11.6 Å². The van der Waals surface area contributed by atoms with Crippen LogP contribution in [0, 0.1) is 0 Å². The van der Waals surface area contributed by atoms with Gasteiger partial charge in [-0.1, -0.05) is 0 Å². The van der Waals surface area contributed by atoms with Crippen molar-refractivity contribution in [2.24, 2.45) is 14.1 Å². The molecule has 0 fully saturated rings. The van der Waals surface area contributed by atoms with Crippen molar-refractivity contribution in [3.05, 3.63) is 0 Å². The van der Waals surface area contributed by atoms with Crippen LogP contribution >= 0.6 is 0 Å². The van der Waals surface area contributed by atoms with Gasteiger partial charge < -0.3 is 21.3 Å². The van der Waals surface area contributed by atoms with Gasteiger partial charge in [-0.25, -0.2) is 0 Å². The van der Waals surface area contributed by atoms with Gasteiger partial charge in [0.05, 0.1) is 0 Å². The second kappa shape index (κ2) is 5.63. The Morgan fingerprint density at radius 3 is 2.35 bits per heavy atom. The first-order chi connectivity index (χ1) is 9.54. The molecule has 110 valence electrons. The van der Waals surface area contributed by atoms with Gasteiger partial charge in [-0.05, 0) is 0 Å². The third-order valence-corrected chi connectivity index (χ3v) is 3.06. The lowest BCUT2D eigenvalue weighted by atomic mass is 10.5. The van der Waals surface area contributed by atoms with Crippen LogP contribution in [0.15, 0.2) is 0 Å². The zero-order valence-electron chi connectivity index (χ0n) is 12.1. The molecule has 2 aromatic rings. The number of aromatic nitrogens is 6. The number of anilines is 4. The highest BCUT2D eigenvalue weighted by Gasteiger charge is 2.11. The van der Waals surface area contributed by atoms with Crippen molar-refractivity contribution in [2.45, 2.75) is 0 Å². The van der Waals surface area contributed by atoms with E-state index in [0.717, 1.165) is 12.5 Å². The maximum atomic E-state index is 5.65. The molecule has 2 rings (SSSR count). The number of hydrogen-bond acceptors (Lipinski definition) is 8. The van der Waals surface area contributed by atoms with Crippen LogP contribution < -0.4 is 21.3 Å². The fraction of sp³-hybridized carbons (Fsp3) is 0.600. The molecule has 0 unspecified atom stereocenters.